The summed E-state index contributed by atoms with van der Waals surface area (Å²) in [4.78, 5) is 10.6. The van der Waals surface area contributed by atoms with Crippen molar-refractivity contribution < 1.29 is 19.0 Å². The molecular weight excluding hydrogens is 222 g/mol. The van der Waals surface area contributed by atoms with Crippen LogP contribution in [-0.4, -0.2) is 38.6 Å². The second-order valence-electron chi connectivity index (χ2n) is 4.04. The van der Waals surface area contributed by atoms with Crippen molar-refractivity contribution in [2.24, 2.45) is 11.7 Å². The van der Waals surface area contributed by atoms with Gasteiger partial charge in [0.15, 0.2) is 6.10 Å². The Morgan fingerprint density at radius 1 is 1.35 bits per heavy atom. The number of hydrogen-bond donors (Lipinski definition) is 1. The van der Waals surface area contributed by atoms with E-state index in [-0.39, 0.29) is 19.8 Å². The van der Waals surface area contributed by atoms with Crippen molar-refractivity contribution in [1.82, 2.24) is 0 Å². The van der Waals surface area contributed by atoms with Crippen molar-refractivity contribution in [2.45, 2.75) is 26.4 Å². The van der Waals surface area contributed by atoms with E-state index >= 15 is 0 Å². The van der Waals surface area contributed by atoms with Crippen molar-refractivity contribution in [3.05, 3.63) is 0 Å². The molecular formula is C12H21NO4. The molecule has 5 nitrogen and oxygen atoms in total. The summed E-state index contributed by atoms with van der Waals surface area (Å²) in [5.41, 5.74) is 4.94. The SMILES string of the molecule is C#CCOCC(COCCC(C)C)OC(N)=O. The van der Waals surface area contributed by atoms with E-state index in [1.54, 1.807) is 0 Å². The van der Waals surface area contributed by atoms with E-state index in [0.29, 0.717) is 12.5 Å². The monoisotopic (exact) mass is 243 g/mol. The summed E-state index contributed by atoms with van der Waals surface area (Å²) < 4.78 is 15.3. The molecule has 0 aromatic rings. The zero-order valence-corrected chi connectivity index (χ0v) is 10.5. The average Bonchev–Trinajstić information content (AvgIpc) is 2.23. The lowest BCUT2D eigenvalue weighted by molar-refractivity contribution is -0.0214. The Morgan fingerprint density at radius 2 is 2.00 bits per heavy atom. The van der Waals surface area contributed by atoms with Gasteiger partial charge in [-0.05, 0) is 12.3 Å². The molecule has 2 N–H and O–H groups in total. The normalized spacial score (nSPS) is 12.1. The summed E-state index contributed by atoms with van der Waals surface area (Å²) in [7, 11) is 0. The average molecular weight is 243 g/mol. The number of nitrogens with two attached hydrogens (primary N) is 1. The van der Waals surface area contributed by atoms with Gasteiger partial charge in [0.05, 0.1) is 13.2 Å². The molecule has 0 aromatic heterocycles. The Hall–Kier alpha value is -1.25. The molecule has 5 heteroatoms. The summed E-state index contributed by atoms with van der Waals surface area (Å²) in [5, 5.41) is 0. The van der Waals surface area contributed by atoms with Gasteiger partial charge in [-0.3, -0.25) is 0 Å². The van der Waals surface area contributed by atoms with E-state index in [1.807, 2.05) is 0 Å². The standard InChI is InChI=1S/C12H21NO4/c1-4-6-15-8-11(17-12(13)14)9-16-7-5-10(2)3/h1,10-11H,5-9H2,2-3H3,(H2,13,14). The Labute approximate surface area is 103 Å². The number of carbonyl (C=O) groups is 1. The Bertz CT molecular complexity index is 247. The fraction of sp³-hybridized carbons (Fsp3) is 0.750. The van der Waals surface area contributed by atoms with Crippen LogP contribution < -0.4 is 5.73 Å². The topological polar surface area (TPSA) is 70.8 Å². The molecule has 0 aromatic carbocycles. The van der Waals surface area contributed by atoms with Crippen LogP contribution in [0, 0.1) is 18.3 Å². The lowest BCUT2D eigenvalue weighted by atomic mass is 10.1. The number of terminal acetylenes is 1. The fourth-order valence-electron chi connectivity index (χ4n) is 1.06. The van der Waals surface area contributed by atoms with E-state index < -0.39 is 12.2 Å². The molecule has 1 atom stereocenters. The maximum Gasteiger partial charge on any atom is 0.404 e. The first-order valence-electron chi connectivity index (χ1n) is 5.61. The molecule has 0 heterocycles. The third-order valence-corrected chi connectivity index (χ3v) is 1.92. The number of hydrogen-bond acceptors (Lipinski definition) is 4. The van der Waals surface area contributed by atoms with Gasteiger partial charge in [-0.15, -0.1) is 6.42 Å². The molecule has 0 radical (unpaired) electrons. The number of rotatable bonds is 9. The van der Waals surface area contributed by atoms with E-state index in [0.717, 1.165) is 6.42 Å². The van der Waals surface area contributed by atoms with Crippen LogP contribution in [0.15, 0.2) is 0 Å². The molecule has 0 rings (SSSR count). The van der Waals surface area contributed by atoms with Crippen LogP contribution in [0.5, 0.6) is 0 Å². The highest BCUT2D eigenvalue weighted by atomic mass is 16.6. The van der Waals surface area contributed by atoms with Crippen molar-refractivity contribution in [3.8, 4) is 12.3 Å². The molecule has 1 unspecified atom stereocenters. The van der Waals surface area contributed by atoms with Gasteiger partial charge in [0.25, 0.3) is 0 Å². The summed E-state index contributed by atoms with van der Waals surface area (Å²) in [6.07, 6.45) is 4.64. The van der Waals surface area contributed by atoms with Gasteiger partial charge in [-0.25, -0.2) is 4.79 Å². The summed E-state index contributed by atoms with van der Waals surface area (Å²) >= 11 is 0. The minimum atomic E-state index is -0.841. The summed E-state index contributed by atoms with van der Waals surface area (Å²) in [5.74, 6) is 2.90. The number of ether oxygens (including phenoxy) is 3. The van der Waals surface area contributed by atoms with Gasteiger partial charge < -0.3 is 19.9 Å². The second-order valence-corrected chi connectivity index (χ2v) is 4.04. The molecule has 1 amide bonds. The zero-order valence-electron chi connectivity index (χ0n) is 10.5. The number of carbonyl (C=O) groups excluding carboxylic acids is 1. The maximum absolute atomic E-state index is 10.6. The van der Waals surface area contributed by atoms with Crippen LogP contribution in [0.2, 0.25) is 0 Å². The predicted octanol–water partition coefficient (Wildman–Crippen LogP) is 1.16. The van der Waals surface area contributed by atoms with Gasteiger partial charge in [-0.2, -0.15) is 0 Å². The Balaban J connectivity index is 3.77. The second kappa shape index (κ2) is 9.94. The predicted molar refractivity (Wildman–Crippen MR) is 64.4 cm³/mol. The highest BCUT2D eigenvalue weighted by Crippen LogP contribution is 2.01. The van der Waals surface area contributed by atoms with Crippen molar-refractivity contribution >= 4 is 6.09 Å². The minimum absolute atomic E-state index is 0.171. The zero-order chi connectivity index (χ0) is 13.1. The first kappa shape index (κ1) is 15.8. The van der Waals surface area contributed by atoms with Gasteiger partial charge in [0, 0.05) is 6.61 Å². The lowest BCUT2D eigenvalue weighted by Crippen LogP contribution is -2.31. The molecule has 98 valence electrons. The molecule has 0 aliphatic heterocycles. The maximum atomic E-state index is 10.6. The van der Waals surface area contributed by atoms with Gasteiger partial charge in [-0.1, -0.05) is 19.8 Å². The van der Waals surface area contributed by atoms with E-state index in [2.05, 4.69) is 19.8 Å². The highest BCUT2D eigenvalue weighted by molar-refractivity contribution is 5.64. The van der Waals surface area contributed by atoms with Crippen molar-refractivity contribution in [2.75, 3.05) is 26.4 Å². The first-order chi connectivity index (χ1) is 8.06. The molecule has 0 spiro atoms. The number of primary amides is 1. The van der Waals surface area contributed by atoms with E-state index in [4.69, 9.17) is 26.4 Å². The first-order valence-corrected chi connectivity index (χ1v) is 5.61. The van der Waals surface area contributed by atoms with Gasteiger partial charge >= 0.3 is 6.09 Å². The molecule has 0 saturated carbocycles. The Morgan fingerprint density at radius 3 is 2.53 bits per heavy atom. The summed E-state index contributed by atoms with van der Waals surface area (Å²) in [6.45, 7) is 5.46. The molecule has 0 bridgehead atoms. The minimum Gasteiger partial charge on any atom is -0.441 e. The van der Waals surface area contributed by atoms with Crippen LogP contribution in [0.1, 0.15) is 20.3 Å². The molecule has 0 aliphatic rings. The van der Waals surface area contributed by atoms with Crippen molar-refractivity contribution in [1.29, 1.82) is 0 Å². The summed E-state index contributed by atoms with van der Waals surface area (Å²) in [6, 6.07) is 0. The van der Waals surface area contributed by atoms with Gasteiger partial charge in [0.2, 0.25) is 0 Å². The smallest absolute Gasteiger partial charge is 0.404 e. The molecule has 0 aliphatic carbocycles. The molecule has 17 heavy (non-hydrogen) atoms. The van der Waals surface area contributed by atoms with Crippen LogP contribution >= 0.6 is 0 Å². The van der Waals surface area contributed by atoms with Crippen LogP contribution in [0.25, 0.3) is 0 Å². The number of amides is 1. The largest absolute Gasteiger partial charge is 0.441 e. The third kappa shape index (κ3) is 11.0. The van der Waals surface area contributed by atoms with Crippen LogP contribution in [-0.2, 0) is 14.2 Å². The van der Waals surface area contributed by atoms with E-state index in [9.17, 15) is 4.79 Å². The fourth-order valence-corrected chi connectivity index (χ4v) is 1.06. The van der Waals surface area contributed by atoms with E-state index in [1.165, 1.54) is 0 Å². The quantitative estimate of drug-likeness (QED) is 0.487. The third-order valence-electron chi connectivity index (χ3n) is 1.92. The van der Waals surface area contributed by atoms with Crippen molar-refractivity contribution in [3.63, 3.8) is 0 Å². The van der Waals surface area contributed by atoms with Gasteiger partial charge in [0.1, 0.15) is 6.61 Å². The van der Waals surface area contributed by atoms with Crippen LogP contribution in [0.4, 0.5) is 4.79 Å². The molecule has 0 saturated heterocycles. The highest BCUT2D eigenvalue weighted by Gasteiger charge is 2.13. The Kier molecular flexibility index (Phi) is 9.21. The lowest BCUT2D eigenvalue weighted by Gasteiger charge is -2.16. The van der Waals surface area contributed by atoms with Crippen LogP contribution in [0.3, 0.4) is 0 Å². The molecule has 0 fully saturated rings.